The van der Waals surface area contributed by atoms with Crippen LogP contribution in [-0.2, 0) is 9.53 Å². The minimum Gasteiger partial charge on any atom is -0.474 e. The number of hydrogen-bond donors (Lipinski definition) is 2. The van der Waals surface area contributed by atoms with Crippen molar-refractivity contribution in [2.75, 3.05) is 20.1 Å². The molecule has 0 bridgehead atoms. The lowest BCUT2D eigenvalue weighted by Crippen LogP contribution is -2.43. The fourth-order valence-corrected chi connectivity index (χ4v) is 4.95. The Bertz CT molecular complexity index is 593. The smallest absolute Gasteiger partial charge is 0.232 e. The Hall–Kier alpha value is -1.72. The van der Waals surface area contributed by atoms with E-state index in [9.17, 15) is 4.79 Å². The lowest BCUT2D eigenvalue weighted by molar-refractivity contribution is -0.131. The number of rotatable bonds is 8. The third-order valence-electron chi connectivity index (χ3n) is 6.60. The van der Waals surface area contributed by atoms with Gasteiger partial charge >= 0.3 is 0 Å². The molecule has 2 aliphatic rings. The van der Waals surface area contributed by atoms with Gasteiger partial charge < -0.3 is 15.4 Å². The van der Waals surface area contributed by atoms with Gasteiger partial charge in [-0.05, 0) is 71.3 Å². The van der Waals surface area contributed by atoms with Crippen molar-refractivity contribution in [2.45, 2.75) is 90.6 Å². The van der Waals surface area contributed by atoms with Crippen LogP contribution in [0.1, 0.15) is 85.0 Å². The minimum atomic E-state index is -0.257. The van der Waals surface area contributed by atoms with E-state index in [1.165, 1.54) is 37.0 Å². The number of nitrogens with zero attached hydrogens (tertiary/aromatic N) is 2. The van der Waals surface area contributed by atoms with Gasteiger partial charge in [0.05, 0.1) is 0 Å². The van der Waals surface area contributed by atoms with Gasteiger partial charge in [-0.3, -0.25) is 15.1 Å². The highest BCUT2D eigenvalue weighted by Gasteiger charge is 2.31. The number of nitrogens with two attached hydrogens (primary N) is 1. The maximum Gasteiger partial charge on any atom is 0.232 e. The van der Waals surface area contributed by atoms with E-state index in [-0.39, 0.29) is 23.4 Å². The number of carbonyl (C=O) groups is 1. The predicted octanol–water partition coefficient (Wildman–Crippen LogP) is 4.70. The summed E-state index contributed by atoms with van der Waals surface area (Å²) < 4.78 is 5.99. The van der Waals surface area contributed by atoms with Gasteiger partial charge in [0, 0.05) is 26.1 Å². The summed E-state index contributed by atoms with van der Waals surface area (Å²) in [5.41, 5.74) is 5.36. The first-order valence-corrected chi connectivity index (χ1v) is 11.8. The molecule has 1 heterocycles. The summed E-state index contributed by atoms with van der Waals surface area (Å²) in [4.78, 5) is 16.6. The Kier molecular flexibility index (Phi) is 9.05. The lowest BCUT2D eigenvalue weighted by Gasteiger charge is -2.38. The summed E-state index contributed by atoms with van der Waals surface area (Å²) in [5, 5.41) is 7.69. The number of piperidine rings is 1. The van der Waals surface area contributed by atoms with Crippen molar-refractivity contribution in [1.29, 1.82) is 5.41 Å². The Labute approximate surface area is 183 Å². The van der Waals surface area contributed by atoms with Gasteiger partial charge in [0.1, 0.15) is 5.60 Å². The molecular weight excluding hydrogens is 376 g/mol. The van der Waals surface area contributed by atoms with Crippen molar-refractivity contribution >= 4 is 11.9 Å². The molecule has 3 N–H and O–H groups in total. The number of ether oxygens (including phenoxy) is 1. The summed E-state index contributed by atoms with van der Waals surface area (Å²) in [5.74, 6) is 1.68. The number of hydrogen-bond acceptors (Lipinski definition) is 4. The Morgan fingerprint density at radius 3 is 2.43 bits per heavy atom. The molecule has 0 radical (unpaired) electrons. The highest BCUT2D eigenvalue weighted by Crippen LogP contribution is 2.33. The van der Waals surface area contributed by atoms with Gasteiger partial charge in [-0.2, -0.15) is 0 Å². The van der Waals surface area contributed by atoms with Crippen LogP contribution in [0.25, 0.3) is 0 Å². The second kappa shape index (κ2) is 11.1. The quantitative estimate of drug-likeness (QED) is 0.339. The van der Waals surface area contributed by atoms with Gasteiger partial charge in [0.25, 0.3) is 0 Å². The van der Waals surface area contributed by atoms with Crippen LogP contribution in [0.15, 0.2) is 12.5 Å². The molecule has 1 aliphatic carbocycles. The van der Waals surface area contributed by atoms with Gasteiger partial charge in [-0.1, -0.05) is 32.1 Å². The van der Waals surface area contributed by atoms with E-state index in [0.29, 0.717) is 5.92 Å². The lowest BCUT2D eigenvalue weighted by atomic mass is 9.80. The van der Waals surface area contributed by atoms with E-state index in [0.717, 1.165) is 57.0 Å². The van der Waals surface area contributed by atoms with Crippen molar-refractivity contribution in [1.82, 2.24) is 9.80 Å². The first-order valence-electron chi connectivity index (χ1n) is 11.8. The minimum absolute atomic E-state index is 0.000186. The second-order valence-corrected chi connectivity index (χ2v) is 10.4. The number of carbonyl (C=O) groups excluding carboxylic acids is 1. The number of nitrogens with one attached hydrogen (secondary N) is 1. The zero-order chi connectivity index (χ0) is 22.3. The summed E-state index contributed by atoms with van der Waals surface area (Å²) in [6.45, 7) is 12.1. The summed E-state index contributed by atoms with van der Waals surface area (Å²) in [6.07, 6.45) is 11.7. The SMILES string of the molecule is C=C(OC(C)(C)C)N1CCCC(C[C@H](CCC2CCCCC2)C(=O)N(C)C(=N)N)C1. The molecular formula is C24H44N4O2. The van der Waals surface area contributed by atoms with Gasteiger partial charge in [0.15, 0.2) is 11.8 Å². The van der Waals surface area contributed by atoms with Crippen LogP contribution in [0.3, 0.4) is 0 Å². The highest BCUT2D eigenvalue weighted by molar-refractivity contribution is 5.95. The number of guanidine groups is 1. The van der Waals surface area contributed by atoms with Crippen LogP contribution in [0.4, 0.5) is 0 Å². The molecule has 2 fully saturated rings. The van der Waals surface area contributed by atoms with Crippen LogP contribution in [-0.4, -0.2) is 47.4 Å². The third kappa shape index (κ3) is 7.84. The van der Waals surface area contributed by atoms with Crippen LogP contribution < -0.4 is 5.73 Å². The molecule has 0 aromatic rings. The van der Waals surface area contributed by atoms with Crippen LogP contribution in [0, 0.1) is 23.2 Å². The largest absolute Gasteiger partial charge is 0.474 e. The average Bonchev–Trinajstić information content (AvgIpc) is 2.69. The average molecular weight is 421 g/mol. The molecule has 0 aromatic heterocycles. The number of likely N-dealkylation sites (tertiary alicyclic amines) is 1. The molecule has 1 unspecified atom stereocenters. The molecule has 0 aromatic carbocycles. The summed E-state index contributed by atoms with van der Waals surface area (Å²) >= 11 is 0. The van der Waals surface area contributed by atoms with Crippen molar-refractivity contribution < 1.29 is 9.53 Å². The molecule has 2 atom stereocenters. The van der Waals surface area contributed by atoms with Gasteiger partial charge in [-0.15, -0.1) is 0 Å². The van der Waals surface area contributed by atoms with Crippen LogP contribution in [0.5, 0.6) is 0 Å². The Morgan fingerprint density at radius 2 is 1.83 bits per heavy atom. The van der Waals surface area contributed by atoms with Gasteiger partial charge in [0.2, 0.25) is 5.91 Å². The molecule has 172 valence electrons. The first-order chi connectivity index (χ1) is 14.1. The van der Waals surface area contributed by atoms with Crippen molar-refractivity contribution in [3.05, 3.63) is 12.5 Å². The zero-order valence-corrected chi connectivity index (χ0v) is 19.7. The summed E-state index contributed by atoms with van der Waals surface area (Å²) in [7, 11) is 1.63. The first kappa shape index (κ1) is 24.5. The van der Waals surface area contributed by atoms with Crippen molar-refractivity contribution in [3.8, 4) is 0 Å². The Balaban J connectivity index is 1.99. The normalized spacial score (nSPS) is 21.7. The molecule has 6 nitrogen and oxygen atoms in total. The molecule has 2 rings (SSSR count). The monoisotopic (exact) mass is 420 g/mol. The summed E-state index contributed by atoms with van der Waals surface area (Å²) in [6, 6.07) is 0. The van der Waals surface area contributed by atoms with E-state index in [4.69, 9.17) is 15.9 Å². The molecule has 30 heavy (non-hydrogen) atoms. The molecule has 1 amide bonds. The second-order valence-electron chi connectivity index (χ2n) is 10.4. The number of amides is 1. The standard InChI is InChI=1S/C24H44N4O2/c1-18(30-24(2,3)4)28-15-9-12-20(17-28)16-21(22(29)27(5)23(25)26)14-13-19-10-7-6-8-11-19/h19-21H,1,6-17H2,2-5H3,(H3,25,26)/t20?,21-/m0/s1. The van der Waals surface area contributed by atoms with Crippen LogP contribution >= 0.6 is 0 Å². The van der Waals surface area contributed by atoms with Crippen molar-refractivity contribution in [2.24, 2.45) is 23.5 Å². The maximum absolute atomic E-state index is 13.1. The third-order valence-corrected chi connectivity index (χ3v) is 6.60. The molecule has 1 saturated heterocycles. The molecule has 0 spiro atoms. The van der Waals surface area contributed by atoms with E-state index in [1.807, 2.05) is 20.8 Å². The zero-order valence-electron chi connectivity index (χ0n) is 19.7. The molecule has 1 aliphatic heterocycles. The van der Waals surface area contributed by atoms with E-state index < -0.39 is 0 Å². The van der Waals surface area contributed by atoms with E-state index in [2.05, 4.69) is 11.5 Å². The fourth-order valence-electron chi connectivity index (χ4n) is 4.95. The van der Waals surface area contributed by atoms with E-state index in [1.54, 1.807) is 7.05 Å². The van der Waals surface area contributed by atoms with Crippen molar-refractivity contribution in [3.63, 3.8) is 0 Å². The van der Waals surface area contributed by atoms with E-state index >= 15 is 0 Å². The Morgan fingerprint density at radius 1 is 1.20 bits per heavy atom. The fraction of sp³-hybridized carbons (Fsp3) is 0.833. The highest BCUT2D eigenvalue weighted by atomic mass is 16.5. The van der Waals surface area contributed by atoms with Gasteiger partial charge in [-0.25, -0.2) is 0 Å². The molecule has 1 saturated carbocycles. The molecule has 6 heteroatoms. The van der Waals surface area contributed by atoms with Crippen LogP contribution in [0.2, 0.25) is 0 Å². The topological polar surface area (TPSA) is 82.7 Å². The maximum atomic E-state index is 13.1. The predicted molar refractivity (Wildman–Crippen MR) is 123 cm³/mol.